The van der Waals surface area contributed by atoms with Crippen LogP contribution in [0, 0.1) is 0 Å². The number of nitrogens with zero attached hydrogens (tertiary/aromatic N) is 1. The maximum atomic E-state index is 11.9. The summed E-state index contributed by atoms with van der Waals surface area (Å²) in [6, 6.07) is 17.3. The van der Waals surface area contributed by atoms with Gasteiger partial charge in [0.1, 0.15) is 0 Å². The molecule has 5 nitrogen and oxygen atoms in total. The predicted molar refractivity (Wildman–Crippen MR) is 106 cm³/mol. The van der Waals surface area contributed by atoms with Crippen molar-refractivity contribution in [3.8, 4) is 0 Å². The average Bonchev–Trinajstić information content (AvgIpc) is 2.73. The number of carbonyl (C=O) groups excluding carboxylic acids is 2. The summed E-state index contributed by atoms with van der Waals surface area (Å²) >= 11 is 0. The molecular weight excluding hydrogens is 338 g/mol. The standard InChI is InChI=1S/C22H27N3O2/c26-21(16-24-22(27)20-7-3-1-4-8-20)23-15-18-9-11-19(12-10-18)17-25-13-5-2-6-14-25/h1,3-4,7-12H,2,5-6,13-17H2,(H,23,26)(H,24,27). The highest BCUT2D eigenvalue weighted by Gasteiger charge is 2.10. The first-order chi connectivity index (χ1) is 13.2. The quantitative estimate of drug-likeness (QED) is 0.793. The lowest BCUT2D eigenvalue weighted by Gasteiger charge is -2.26. The van der Waals surface area contributed by atoms with Crippen LogP contribution >= 0.6 is 0 Å². The first kappa shape index (κ1) is 19.1. The van der Waals surface area contributed by atoms with E-state index >= 15 is 0 Å². The van der Waals surface area contributed by atoms with Gasteiger partial charge < -0.3 is 10.6 Å². The Labute approximate surface area is 160 Å². The van der Waals surface area contributed by atoms with E-state index in [-0.39, 0.29) is 18.4 Å². The Balaban J connectivity index is 1.39. The number of amides is 2. The number of hydrogen-bond acceptors (Lipinski definition) is 3. The molecule has 0 atom stereocenters. The molecule has 1 aliphatic heterocycles. The Morgan fingerprint density at radius 1 is 0.815 bits per heavy atom. The Hall–Kier alpha value is -2.66. The van der Waals surface area contributed by atoms with Crippen LogP contribution in [0.2, 0.25) is 0 Å². The van der Waals surface area contributed by atoms with E-state index in [1.807, 2.05) is 6.07 Å². The van der Waals surface area contributed by atoms with Crippen molar-refractivity contribution in [1.29, 1.82) is 0 Å². The minimum Gasteiger partial charge on any atom is -0.350 e. The Bertz CT molecular complexity index is 738. The van der Waals surface area contributed by atoms with Crippen LogP contribution < -0.4 is 10.6 Å². The molecule has 1 aliphatic rings. The van der Waals surface area contributed by atoms with Gasteiger partial charge in [0.15, 0.2) is 0 Å². The van der Waals surface area contributed by atoms with Crippen molar-refractivity contribution in [1.82, 2.24) is 15.5 Å². The highest BCUT2D eigenvalue weighted by atomic mass is 16.2. The van der Waals surface area contributed by atoms with Crippen LogP contribution in [-0.4, -0.2) is 36.3 Å². The minimum absolute atomic E-state index is 0.0270. The number of likely N-dealkylation sites (tertiary alicyclic amines) is 1. The molecule has 2 N–H and O–H groups in total. The molecule has 5 heteroatoms. The van der Waals surface area contributed by atoms with Gasteiger partial charge in [-0.1, -0.05) is 48.9 Å². The fraction of sp³-hybridized carbons (Fsp3) is 0.364. The molecule has 2 amide bonds. The fourth-order valence-electron chi connectivity index (χ4n) is 3.25. The molecule has 0 saturated carbocycles. The molecule has 3 rings (SSSR count). The van der Waals surface area contributed by atoms with E-state index in [0.717, 1.165) is 12.1 Å². The van der Waals surface area contributed by atoms with E-state index < -0.39 is 0 Å². The zero-order valence-electron chi connectivity index (χ0n) is 15.6. The van der Waals surface area contributed by atoms with Crippen LogP contribution in [0.3, 0.4) is 0 Å². The van der Waals surface area contributed by atoms with Gasteiger partial charge in [-0.2, -0.15) is 0 Å². The second kappa shape index (κ2) is 9.88. The van der Waals surface area contributed by atoms with E-state index in [0.29, 0.717) is 12.1 Å². The lowest BCUT2D eigenvalue weighted by atomic mass is 10.1. The molecule has 142 valence electrons. The lowest BCUT2D eigenvalue weighted by Crippen LogP contribution is -2.36. The SMILES string of the molecule is O=C(CNC(=O)c1ccccc1)NCc1ccc(CN2CCCCC2)cc1. The number of carbonyl (C=O) groups is 2. The third-order valence-corrected chi connectivity index (χ3v) is 4.81. The maximum absolute atomic E-state index is 11.9. The molecule has 1 heterocycles. The fourth-order valence-corrected chi connectivity index (χ4v) is 3.25. The van der Waals surface area contributed by atoms with Crippen molar-refractivity contribution in [2.45, 2.75) is 32.4 Å². The van der Waals surface area contributed by atoms with Gasteiger partial charge in [0, 0.05) is 18.7 Å². The first-order valence-electron chi connectivity index (χ1n) is 9.61. The zero-order chi connectivity index (χ0) is 18.9. The third-order valence-electron chi connectivity index (χ3n) is 4.81. The Morgan fingerprint density at radius 2 is 1.48 bits per heavy atom. The van der Waals surface area contributed by atoms with Crippen molar-refractivity contribution in [2.75, 3.05) is 19.6 Å². The van der Waals surface area contributed by atoms with Gasteiger partial charge in [0.25, 0.3) is 5.91 Å². The molecule has 0 aliphatic carbocycles. The molecule has 1 fully saturated rings. The molecule has 1 saturated heterocycles. The summed E-state index contributed by atoms with van der Waals surface area (Å²) in [6.07, 6.45) is 3.94. The second-order valence-corrected chi connectivity index (χ2v) is 6.98. The van der Waals surface area contributed by atoms with Gasteiger partial charge in [0.05, 0.1) is 6.54 Å². The van der Waals surface area contributed by atoms with E-state index in [1.165, 1.54) is 37.9 Å². The van der Waals surface area contributed by atoms with E-state index in [4.69, 9.17) is 0 Å². The van der Waals surface area contributed by atoms with Crippen LogP contribution in [0.5, 0.6) is 0 Å². The van der Waals surface area contributed by atoms with Gasteiger partial charge in [-0.05, 0) is 49.2 Å². The van der Waals surface area contributed by atoms with Gasteiger partial charge in [-0.25, -0.2) is 0 Å². The van der Waals surface area contributed by atoms with E-state index in [9.17, 15) is 9.59 Å². The van der Waals surface area contributed by atoms with Gasteiger partial charge in [0.2, 0.25) is 5.91 Å². The highest BCUT2D eigenvalue weighted by Crippen LogP contribution is 2.13. The van der Waals surface area contributed by atoms with Gasteiger partial charge in [-0.15, -0.1) is 0 Å². The van der Waals surface area contributed by atoms with Crippen molar-refractivity contribution in [2.24, 2.45) is 0 Å². The Kier molecular flexibility index (Phi) is 6.99. The molecule has 27 heavy (non-hydrogen) atoms. The van der Waals surface area contributed by atoms with Crippen molar-refractivity contribution in [3.63, 3.8) is 0 Å². The number of piperidine rings is 1. The second-order valence-electron chi connectivity index (χ2n) is 6.98. The minimum atomic E-state index is -0.243. The normalized spacial score (nSPS) is 14.5. The number of benzene rings is 2. The van der Waals surface area contributed by atoms with Crippen LogP contribution in [-0.2, 0) is 17.9 Å². The highest BCUT2D eigenvalue weighted by molar-refractivity contribution is 5.96. The topological polar surface area (TPSA) is 61.4 Å². The first-order valence-corrected chi connectivity index (χ1v) is 9.61. The molecule has 0 spiro atoms. The van der Waals surface area contributed by atoms with Crippen LogP contribution in [0.1, 0.15) is 40.7 Å². The summed E-state index contributed by atoms with van der Waals surface area (Å²) in [7, 11) is 0. The summed E-state index contributed by atoms with van der Waals surface area (Å²) in [4.78, 5) is 26.4. The third kappa shape index (κ3) is 6.22. The van der Waals surface area contributed by atoms with Gasteiger partial charge in [-0.3, -0.25) is 14.5 Å². The van der Waals surface area contributed by atoms with Crippen LogP contribution in [0.25, 0.3) is 0 Å². The molecule has 0 radical (unpaired) electrons. The largest absolute Gasteiger partial charge is 0.350 e. The average molecular weight is 365 g/mol. The number of nitrogens with one attached hydrogen (secondary N) is 2. The summed E-state index contributed by atoms with van der Waals surface area (Å²) in [6.45, 7) is 3.81. The van der Waals surface area contributed by atoms with Crippen LogP contribution in [0.4, 0.5) is 0 Å². The monoisotopic (exact) mass is 365 g/mol. The summed E-state index contributed by atoms with van der Waals surface area (Å²) in [5, 5.41) is 5.48. The molecule has 2 aromatic carbocycles. The molecular formula is C22H27N3O2. The number of hydrogen-bond donors (Lipinski definition) is 2. The smallest absolute Gasteiger partial charge is 0.251 e. The summed E-state index contributed by atoms with van der Waals surface area (Å²) in [5.41, 5.74) is 2.91. The predicted octanol–water partition coefficient (Wildman–Crippen LogP) is 2.72. The van der Waals surface area contributed by atoms with Gasteiger partial charge >= 0.3 is 0 Å². The van der Waals surface area contributed by atoms with Crippen molar-refractivity contribution < 1.29 is 9.59 Å². The number of rotatable bonds is 7. The van der Waals surface area contributed by atoms with E-state index in [2.05, 4.69) is 39.8 Å². The molecule has 0 aromatic heterocycles. The lowest BCUT2D eigenvalue weighted by molar-refractivity contribution is -0.120. The van der Waals surface area contributed by atoms with E-state index in [1.54, 1.807) is 24.3 Å². The zero-order valence-corrected chi connectivity index (χ0v) is 15.6. The molecule has 0 bridgehead atoms. The summed E-state index contributed by atoms with van der Waals surface area (Å²) < 4.78 is 0. The maximum Gasteiger partial charge on any atom is 0.251 e. The molecule has 2 aromatic rings. The molecule has 0 unspecified atom stereocenters. The summed E-state index contributed by atoms with van der Waals surface area (Å²) in [5.74, 6) is -0.440. The van der Waals surface area contributed by atoms with Crippen molar-refractivity contribution in [3.05, 3.63) is 71.3 Å². The van der Waals surface area contributed by atoms with Crippen LogP contribution in [0.15, 0.2) is 54.6 Å². The Morgan fingerprint density at radius 3 is 2.19 bits per heavy atom. The van der Waals surface area contributed by atoms with Crippen molar-refractivity contribution >= 4 is 11.8 Å².